The van der Waals surface area contributed by atoms with Crippen LogP contribution in [0.2, 0.25) is 0 Å². The normalized spacial score (nSPS) is 19.1. The summed E-state index contributed by atoms with van der Waals surface area (Å²) in [6.07, 6.45) is -3.08. The molecule has 1 saturated heterocycles. The third-order valence-electron chi connectivity index (χ3n) is 3.94. The van der Waals surface area contributed by atoms with Gasteiger partial charge in [0.15, 0.2) is 5.69 Å². The van der Waals surface area contributed by atoms with Crippen LogP contribution in [0.15, 0.2) is 36.5 Å². The summed E-state index contributed by atoms with van der Waals surface area (Å²) < 4.78 is 39.0. The third-order valence-corrected chi connectivity index (χ3v) is 3.94. The van der Waals surface area contributed by atoms with E-state index in [4.69, 9.17) is 0 Å². The summed E-state index contributed by atoms with van der Waals surface area (Å²) >= 11 is 0. The molecule has 0 unspecified atom stereocenters. The van der Waals surface area contributed by atoms with Gasteiger partial charge in [0, 0.05) is 38.4 Å². The van der Waals surface area contributed by atoms with Crippen LogP contribution in [0.4, 0.5) is 13.2 Å². The van der Waals surface area contributed by atoms with Crippen LogP contribution in [0.5, 0.6) is 0 Å². The van der Waals surface area contributed by atoms with Crippen molar-refractivity contribution in [2.45, 2.75) is 25.7 Å². The highest BCUT2D eigenvalue weighted by molar-refractivity contribution is 5.85. The van der Waals surface area contributed by atoms with Crippen LogP contribution in [-0.2, 0) is 12.7 Å². The Balaban J connectivity index is 0.00000208. The summed E-state index contributed by atoms with van der Waals surface area (Å²) in [7, 11) is 0. The van der Waals surface area contributed by atoms with Crippen molar-refractivity contribution in [1.29, 1.82) is 0 Å². The SMILES string of the molecule is C[C@H]1CN(Cc2ccc(-n3ccc(C(F)(F)F)n3)cc2)CCN1.Cl. The van der Waals surface area contributed by atoms with Crippen molar-refractivity contribution in [3.8, 4) is 5.69 Å². The predicted octanol–water partition coefficient (Wildman–Crippen LogP) is 3.11. The van der Waals surface area contributed by atoms with Crippen molar-refractivity contribution in [2.24, 2.45) is 0 Å². The van der Waals surface area contributed by atoms with E-state index in [1.807, 2.05) is 12.1 Å². The second-order valence-corrected chi connectivity index (χ2v) is 5.90. The van der Waals surface area contributed by atoms with Gasteiger partial charge in [-0.1, -0.05) is 12.1 Å². The van der Waals surface area contributed by atoms with E-state index in [2.05, 4.69) is 22.2 Å². The lowest BCUT2D eigenvalue weighted by atomic mass is 10.1. The van der Waals surface area contributed by atoms with E-state index >= 15 is 0 Å². The van der Waals surface area contributed by atoms with Crippen LogP contribution in [0, 0.1) is 0 Å². The Labute approximate surface area is 145 Å². The van der Waals surface area contributed by atoms with E-state index in [0.717, 1.165) is 37.8 Å². The molecule has 1 aliphatic rings. The Kier molecular flexibility index (Phi) is 5.90. The number of nitrogens with one attached hydrogen (secondary N) is 1. The van der Waals surface area contributed by atoms with Crippen LogP contribution < -0.4 is 5.32 Å². The molecule has 3 rings (SSSR count). The Morgan fingerprint density at radius 1 is 1.21 bits per heavy atom. The zero-order valence-electron chi connectivity index (χ0n) is 13.3. The van der Waals surface area contributed by atoms with Crippen LogP contribution in [0.1, 0.15) is 18.2 Å². The Bertz CT molecular complexity index is 654. The zero-order chi connectivity index (χ0) is 16.4. The lowest BCUT2D eigenvalue weighted by molar-refractivity contribution is -0.141. The third kappa shape index (κ3) is 4.49. The highest BCUT2D eigenvalue weighted by Crippen LogP contribution is 2.27. The summed E-state index contributed by atoms with van der Waals surface area (Å²) in [5, 5.41) is 6.98. The predicted molar refractivity (Wildman–Crippen MR) is 88.6 cm³/mol. The quantitative estimate of drug-likeness (QED) is 0.913. The number of halogens is 4. The molecule has 8 heteroatoms. The molecule has 1 fully saturated rings. The van der Waals surface area contributed by atoms with E-state index in [0.29, 0.717) is 11.7 Å². The molecule has 0 aliphatic carbocycles. The molecule has 1 aromatic heterocycles. The summed E-state index contributed by atoms with van der Waals surface area (Å²) in [6.45, 7) is 5.98. The molecule has 2 aromatic rings. The smallest absolute Gasteiger partial charge is 0.312 e. The largest absolute Gasteiger partial charge is 0.435 e. The number of aromatic nitrogens is 2. The first-order valence-corrected chi connectivity index (χ1v) is 7.60. The lowest BCUT2D eigenvalue weighted by Gasteiger charge is -2.31. The maximum absolute atomic E-state index is 12.6. The highest BCUT2D eigenvalue weighted by Gasteiger charge is 2.33. The highest BCUT2D eigenvalue weighted by atomic mass is 35.5. The zero-order valence-corrected chi connectivity index (χ0v) is 14.1. The monoisotopic (exact) mass is 360 g/mol. The van der Waals surface area contributed by atoms with Gasteiger partial charge < -0.3 is 5.32 Å². The number of alkyl halides is 3. The molecule has 0 amide bonds. The summed E-state index contributed by atoms with van der Waals surface area (Å²) in [4.78, 5) is 2.37. The average molecular weight is 361 g/mol. The summed E-state index contributed by atoms with van der Waals surface area (Å²) in [5.74, 6) is 0. The van der Waals surface area contributed by atoms with Crippen molar-refractivity contribution in [2.75, 3.05) is 19.6 Å². The summed E-state index contributed by atoms with van der Waals surface area (Å²) in [5.41, 5.74) is 0.889. The van der Waals surface area contributed by atoms with Gasteiger partial charge in [-0.05, 0) is 30.7 Å². The molecule has 0 saturated carbocycles. The van der Waals surface area contributed by atoms with Gasteiger partial charge >= 0.3 is 6.18 Å². The number of nitrogens with zero attached hydrogens (tertiary/aromatic N) is 3. The Morgan fingerprint density at radius 3 is 2.50 bits per heavy atom. The number of hydrogen-bond donors (Lipinski definition) is 1. The fourth-order valence-corrected chi connectivity index (χ4v) is 2.79. The van der Waals surface area contributed by atoms with E-state index in [-0.39, 0.29) is 12.4 Å². The molecular formula is C16H20ClF3N4. The molecule has 4 nitrogen and oxygen atoms in total. The standard InChI is InChI=1S/C16H19F3N4.ClH/c1-12-10-22(9-7-20-12)11-13-2-4-14(5-3-13)23-8-6-15(21-23)16(17,18)19;/h2-6,8,12,20H,7,9-11H2,1H3;1H/t12-;/m0./s1. The molecule has 0 radical (unpaired) electrons. The first-order chi connectivity index (χ1) is 10.9. The molecule has 1 atom stereocenters. The molecule has 0 spiro atoms. The molecule has 1 aromatic carbocycles. The van der Waals surface area contributed by atoms with E-state index in [1.54, 1.807) is 12.1 Å². The van der Waals surface area contributed by atoms with Crippen molar-refractivity contribution >= 4 is 12.4 Å². The Hall–Kier alpha value is -1.57. The molecular weight excluding hydrogens is 341 g/mol. The van der Waals surface area contributed by atoms with E-state index in [1.165, 1.54) is 10.9 Å². The van der Waals surface area contributed by atoms with Crippen LogP contribution >= 0.6 is 12.4 Å². The van der Waals surface area contributed by atoms with Gasteiger partial charge in [0.1, 0.15) is 0 Å². The van der Waals surface area contributed by atoms with Gasteiger partial charge in [0.2, 0.25) is 0 Å². The van der Waals surface area contributed by atoms with E-state index in [9.17, 15) is 13.2 Å². The van der Waals surface area contributed by atoms with Crippen molar-refractivity contribution in [1.82, 2.24) is 20.0 Å². The number of benzene rings is 1. The lowest BCUT2D eigenvalue weighted by Crippen LogP contribution is -2.48. The van der Waals surface area contributed by atoms with Gasteiger partial charge in [-0.25, -0.2) is 4.68 Å². The number of rotatable bonds is 3. The minimum atomic E-state index is -4.41. The molecule has 0 bridgehead atoms. The van der Waals surface area contributed by atoms with Gasteiger partial charge in [-0.2, -0.15) is 18.3 Å². The molecule has 2 heterocycles. The van der Waals surface area contributed by atoms with Gasteiger partial charge in [-0.15, -0.1) is 12.4 Å². The first kappa shape index (κ1) is 18.8. The molecule has 1 N–H and O–H groups in total. The second-order valence-electron chi connectivity index (χ2n) is 5.90. The molecule has 1 aliphatic heterocycles. The van der Waals surface area contributed by atoms with Gasteiger partial charge in [-0.3, -0.25) is 4.90 Å². The number of hydrogen-bond acceptors (Lipinski definition) is 3. The first-order valence-electron chi connectivity index (χ1n) is 7.60. The van der Waals surface area contributed by atoms with Crippen molar-refractivity contribution in [3.63, 3.8) is 0 Å². The maximum Gasteiger partial charge on any atom is 0.435 e. The van der Waals surface area contributed by atoms with Crippen molar-refractivity contribution < 1.29 is 13.2 Å². The minimum absolute atomic E-state index is 0. The topological polar surface area (TPSA) is 33.1 Å². The fourth-order valence-electron chi connectivity index (χ4n) is 2.79. The summed E-state index contributed by atoms with van der Waals surface area (Å²) in [6, 6.07) is 8.94. The fraction of sp³-hybridized carbons (Fsp3) is 0.438. The molecule has 24 heavy (non-hydrogen) atoms. The van der Waals surface area contributed by atoms with Gasteiger partial charge in [0.05, 0.1) is 5.69 Å². The van der Waals surface area contributed by atoms with Gasteiger partial charge in [0.25, 0.3) is 0 Å². The van der Waals surface area contributed by atoms with Crippen molar-refractivity contribution in [3.05, 3.63) is 47.8 Å². The average Bonchev–Trinajstić information content (AvgIpc) is 2.98. The molecule has 132 valence electrons. The van der Waals surface area contributed by atoms with Crippen LogP contribution in [0.25, 0.3) is 5.69 Å². The Morgan fingerprint density at radius 2 is 1.92 bits per heavy atom. The second kappa shape index (κ2) is 7.55. The van der Waals surface area contributed by atoms with E-state index < -0.39 is 11.9 Å². The minimum Gasteiger partial charge on any atom is -0.312 e. The number of piperazine rings is 1. The maximum atomic E-state index is 12.6. The van der Waals surface area contributed by atoms with Crippen LogP contribution in [-0.4, -0.2) is 40.4 Å². The van der Waals surface area contributed by atoms with Crippen LogP contribution in [0.3, 0.4) is 0 Å².